The number of likely N-dealkylation sites (tertiary alicyclic amines) is 2. The highest BCUT2D eigenvalue weighted by atomic mass is 35.5. The van der Waals surface area contributed by atoms with Gasteiger partial charge in [-0.25, -0.2) is 19.6 Å². The molecule has 2 aliphatic carbocycles. The van der Waals surface area contributed by atoms with Crippen molar-refractivity contribution in [3.05, 3.63) is 64.8 Å². The van der Waals surface area contributed by atoms with Gasteiger partial charge in [0.1, 0.15) is 46.9 Å². The van der Waals surface area contributed by atoms with E-state index >= 15 is 0 Å². The van der Waals surface area contributed by atoms with E-state index in [1.807, 2.05) is 49.6 Å². The number of carbonyl (C=O) groups is 4. The highest BCUT2D eigenvalue weighted by molar-refractivity contribution is 6.32. The molecule has 5 aliphatic rings. The van der Waals surface area contributed by atoms with Crippen molar-refractivity contribution in [3.63, 3.8) is 0 Å². The van der Waals surface area contributed by atoms with Crippen LogP contribution in [0.2, 0.25) is 5.15 Å². The van der Waals surface area contributed by atoms with Crippen LogP contribution in [0.25, 0.3) is 44.2 Å². The lowest BCUT2D eigenvalue weighted by atomic mass is 9.92. The zero-order valence-electron chi connectivity index (χ0n) is 37.7. The number of aromatic nitrogens is 4. The van der Waals surface area contributed by atoms with Crippen LogP contribution in [0.5, 0.6) is 5.75 Å². The monoisotopic (exact) mass is 904 g/mol. The number of hydrogen-bond donors (Lipinski definition) is 4. The number of methoxy groups -OCH3 is 2. The molecule has 0 unspecified atom stereocenters. The number of benzene rings is 3. The number of amides is 4. The fraction of sp³-hybridized carbons (Fsp3) is 0.510. The van der Waals surface area contributed by atoms with Crippen molar-refractivity contribution in [2.75, 3.05) is 14.2 Å². The fourth-order valence-corrected chi connectivity index (χ4v) is 12.0. The minimum absolute atomic E-state index is 0.0673. The molecule has 8 atom stereocenters. The molecule has 0 bridgehead atoms. The second-order valence-electron chi connectivity index (χ2n) is 19.3. The smallest absolute Gasteiger partial charge is 0.407 e. The highest BCUT2D eigenvalue weighted by Crippen LogP contribution is 2.50. The summed E-state index contributed by atoms with van der Waals surface area (Å²) in [6.45, 7) is 8.05. The third kappa shape index (κ3) is 7.43. The lowest BCUT2D eigenvalue weighted by Gasteiger charge is -2.33. The average molecular weight is 905 g/mol. The number of aromatic amines is 2. The molecule has 3 aliphatic heterocycles. The minimum Gasteiger partial charge on any atom is -0.488 e. The van der Waals surface area contributed by atoms with Crippen molar-refractivity contribution in [1.29, 1.82) is 0 Å². The average Bonchev–Trinajstić information content (AvgIpc) is 4.16. The standard InChI is InChI=1S/C49H57ClN8O7/c1-23(2)39(54-48(61)63-5)46(59)57-34-11-7-9-26(34)19-36(57)44-51-33-16-14-25-18-32-30-15-13-28(17-29(30)22-65-38(32)21-31(25)42(33)53-44)41-43(50)56-45(52-41)37-20-27-10-8-12-35(27)58(37)47(60)40(24(3)4)55-49(62)64-6/h13-18,21,23-24,26-27,34-37,39-40H,7-12,19-20,22H2,1-6H3,(H,51,53)(H,52,56)(H,54,61)(H,55,62)/t26-,27-,34-,35-,36-,37-,39-,40-/m0/s1. The zero-order chi connectivity index (χ0) is 45.4. The lowest BCUT2D eigenvalue weighted by molar-refractivity contribution is -0.138. The predicted octanol–water partition coefficient (Wildman–Crippen LogP) is 8.96. The summed E-state index contributed by atoms with van der Waals surface area (Å²) < 4.78 is 16.2. The van der Waals surface area contributed by atoms with Gasteiger partial charge in [-0.1, -0.05) is 70.3 Å². The first-order chi connectivity index (χ1) is 31.3. The van der Waals surface area contributed by atoms with E-state index < -0.39 is 24.3 Å². The molecule has 4 amide bonds. The first-order valence-corrected chi connectivity index (χ1v) is 23.5. The minimum atomic E-state index is -0.737. The molecule has 0 spiro atoms. The molecule has 5 aromatic rings. The van der Waals surface area contributed by atoms with Crippen LogP contribution in [-0.2, 0) is 25.7 Å². The van der Waals surface area contributed by atoms with Crippen LogP contribution >= 0.6 is 11.6 Å². The van der Waals surface area contributed by atoms with Crippen LogP contribution in [-0.4, -0.2) is 92.1 Å². The quantitative estimate of drug-likeness (QED) is 0.112. The van der Waals surface area contributed by atoms with Crippen molar-refractivity contribution < 1.29 is 33.4 Å². The Labute approximate surface area is 382 Å². The maximum Gasteiger partial charge on any atom is 0.407 e. The van der Waals surface area contributed by atoms with E-state index in [1.54, 1.807) is 0 Å². The molecule has 0 radical (unpaired) electrons. The number of fused-ring (bicyclic) bond motifs is 8. The number of H-pyrrole nitrogens is 2. The third-order valence-corrected chi connectivity index (χ3v) is 15.2. The Morgan fingerprint density at radius 1 is 0.754 bits per heavy atom. The van der Waals surface area contributed by atoms with E-state index in [-0.39, 0.29) is 47.8 Å². The SMILES string of the molecule is COC(=O)N[C@H](C(=O)N1[C@H](c2nc(-c3ccc4c(c3)COc3cc5c(ccc6[nH]c([C@@H]7C[C@@H]8CCC[C@@H]8N7C(=O)[C@@H](NC(=O)OC)C(C)C)nc65)cc3-4)c(Cl)[nH]2)C[C@@H]2CCC[C@@H]21)C(C)C. The summed E-state index contributed by atoms with van der Waals surface area (Å²) >= 11 is 6.95. The Morgan fingerprint density at radius 2 is 1.35 bits per heavy atom. The highest BCUT2D eigenvalue weighted by Gasteiger charge is 2.51. The van der Waals surface area contributed by atoms with Crippen LogP contribution in [0.1, 0.15) is 108 Å². The van der Waals surface area contributed by atoms with Crippen LogP contribution < -0.4 is 15.4 Å². The van der Waals surface area contributed by atoms with Gasteiger partial charge < -0.3 is 44.6 Å². The lowest BCUT2D eigenvalue weighted by Crippen LogP contribution is -2.53. The Hall–Kier alpha value is -5.83. The fourth-order valence-electron chi connectivity index (χ4n) is 11.7. The number of halogens is 1. The molecule has 5 heterocycles. The largest absolute Gasteiger partial charge is 0.488 e. The molecule has 2 saturated heterocycles. The van der Waals surface area contributed by atoms with E-state index in [0.29, 0.717) is 35.1 Å². The summed E-state index contributed by atoms with van der Waals surface area (Å²) in [5.74, 6) is 2.35. The number of alkyl carbamates (subject to hydrolysis) is 2. The van der Waals surface area contributed by atoms with Gasteiger partial charge in [0, 0.05) is 28.6 Å². The molecular formula is C49H57ClN8O7. The van der Waals surface area contributed by atoms with Crippen LogP contribution in [0.15, 0.2) is 42.5 Å². The number of nitrogens with zero attached hydrogens (tertiary/aromatic N) is 4. The van der Waals surface area contributed by atoms with Crippen LogP contribution in [0.3, 0.4) is 0 Å². The van der Waals surface area contributed by atoms with E-state index in [0.717, 1.165) is 107 Å². The van der Waals surface area contributed by atoms with Gasteiger partial charge in [-0.05, 0) is 103 Å². The topological polar surface area (TPSA) is 184 Å². The summed E-state index contributed by atoms with van der Waals surface area (Å²) in [7, 11) is 2.61. The second-order valence-corrected chi connectivity index (χ2v) is 19.7. The maximum absolute atomic E-state index is 14.3. The van der Waals surface area contributed by atoms with E-state index in [4.69, 9.17) is 35.8 Å². The summed E-state index contributed by atoms with van der Waals surface area (Å²) in [5, 5.41) is 7.93. The Kier molecular flexibility index (Phi) is 11.2. The summed E-state index contributed by atoms with van der Waals surface area (Å²) in [4.78, 5) is 74.3. The number of rotatable bonds is 9. The van der Waals surface area contributed by atoms with Gasteiger partial charge in [-0.3, -0.25) is 9.59 Å². The molecule has 65 heavy (non-hydrogen) atoms. The number of ether oxygens (including phenoxy) is 3. The molecule has 2 aromatic heterocycles. The molecule has 4 fully saturated rings. The number of nitrogens with one attached hydrogen (secondary N) is 4. The molecule has 15 nitrogen and oxygen atoms in total. The Balaban J connectivity index is 0.933. The van der Waals surface area contributed by atoms with Crippen molar-refractivity contribution in [2.24, 2.45) is 23.7 Å². The van der Waals surface area contributed by atoms with Crippen LogP contribution in [0.4, 0.5) is 9.59 Å². The molecule has 342 valence electrons. The van der Waals surface area contributed by atoms with Crippen LogP contribution in [0, 0.1) is 23.7 Å². The third-order valence-electron chi connectivity index (χ3n) is 14.9. The first kappa shape index (κ1) is 43.1. The van der Waals surface area contributed by atoms with Gasteiger partial charge in [0.25, 0.3) is 0 Å². The maximum atomic E-state index is 14.3. The van der Waals surface area contributed by atoms with Gasteiger partial charge >= 0.3 is 12.2 Å². The molecule has 3 aromatic carbocycles. The van der Waals surface area contributed by atoms with Gasteiger partial charge in [0.05, 0.1) is 37.3 Å². The van der Waals surface area contributed by atoms with Crippen molar-refractivity contribution in [2.45, 2.75) is 122 Å². The predicted molar refractivity (Wildman–Crippen MR) is 245 cm³/mol. The second kappa shape index (κ2) is 16.9. The number of carbonyl (C=O) groups excluding carboxylic acids is 4. The Bertz CT molecular complexity index is 2710. The van der Waals surface area contributed by atoms with Crippen molar-refractivity contribution in [3.8, 4) is 28.1 Å². The molecule has 10 rings (SSSR count). The van der Waals surface area contributed by atoms with Crippen molar-refractivity contribution >= 4 is 57.4 Å². The summed E-state index contributed by atoms with van der Waals surface area (Å²) in [6.07, 6.45) is 6.40. The van der Waals surface area contributed by atoms with E-state index in [1.165, 1.54) is 14.2 Å². The normalized spacial score (nSPS) is 24.1. The van der Waals surface area contributed by atoms with E-state index in [2.05, 4.69) is 50.9 Å². The van der Waals surface area contributed by atoms with Gasteiger partial charge in [0.15, 0.2) is 0 Å². The van der Waals surface area contributed by atoms with Gasteiger partial charge in [0.2, 0.25) is 11.8 Å². The molecule has 4 N–H and O–H groups in total. The van der Waals surface area contributed by atoms with Gasteiger partial charge in [-0.15, -0.1) is 0 Å². The molecular weight excluding hydrogens is 848 g/mol. The zero-order valence-corrected chi connectivity index (χ0v) is 38.5. The Morgan fingerprint density at radius 3 is 1.94 bits per heavy atom. The number of hydrogen-bond acceptors (Lipinski definition) is 9. The van der Waals surface area contributed by atoms with E-state index in [9.17, 15) is 19.2 Å². The molecule has 2 saturated carbocycles. The number of imidazole rings is 2. The first-order valence-electron chi connectivity index (χ1n) is 23.1. The molecule has 16 heteroatoms. The van der Waals surface area contributed by atoms with Gasteiger partial charge in [-0.2, -0.15) is 0 Å². The summed E-state index contributed by atoms with van der Waals surface area (Å²) in [5.41, 5.74) is 6.16. The summed E-state index contributed by atoms with van der Waals surface area (Å²) in [6, 6.07) is 12.7. The van der Waals surface area contributed by atoms with Crippen molar-refractivity contribution in [1.82, 2.24) is 40.4 Å².